The van der Waals surface area contributed by atoms with Gasteiger partial charge in [-0.05, 0) is 12.1 Å². The Hall–Kier alpha value is -1.34. The fourth-order valence-corrected chi connectivity index (χ4v) is 2.70. The third-order valence-electron chi connectivity index (χ3n) is 2.58. The first kappa shape index (κ1) is 12.1. The number of ether oxygens (including phenoxy) is 1. The molecule has 2 rings (SSSR count). The molecule has 1 fully saturated rings. The molecule has 1 aromatic rings. The van der Waals surface area contributed by atoms with Crippen LogP contribution in [0, 0.1) is 5.82 Å². The number of nitrogens with zero attached hydrogens (tertiary/aromatic N) is 2. The van der Waals surface area contributed by atoms with Crippen molar-refractivity contribution < 1.29 is 17.5 Å². The van der Waals surface area contributed by atoms with Gasteiger partial charge in [0.25, 0.3) is 0 Å². The Bertz CT molecular complexity index is 528. The fraction of sp³-hybridized carbons (Fsp3) is 0.400. The smallest absolute Gasteiger partial charge is 0.303 e. The van der Waals surface area contributed by atoms with Crippen molar-refractivity contribution in [2.45, 2.75) is 0 Å². The zero-order chi connectivity index (χ0) is 12.6. The van der Waals surface area contributed by atoms with Crippen LogP contribution in [-0.4, -0.2) is 40.0 Å². The lowest BCUT2D eigenvalue weighted by molar-refractivity contribution is 0.386. The molecule has 0 radical (unpaired) electrons. The van der Waals surface area contributed by atoms with Crippen molar-refractivity contribution in [1.82, 2.24) is 4.31 Å². The lowest BCUT2D eigenvalue weighted by atomic mass is 10.3. The number of hydrogen-bond donors (Lipinski definition) is 0. The Labute approximate surface area is 99.6 Å². The van der Waals surface area contributed by atoms with Crippen LogP contribution in [0.1, 0.15) is 0 Å². The molecule has 94 valence electrons. The molecule has 0 unspecified atom stereocenters. The summed E-state index contributed by atoms with van der Waals surface area (Å²) in [5, 5.41) is 0. The van der Waals surface area contributed by atoms with Crippen LogP contribution in [0.15, 0.2) is 18.2 Å². The van der Waals surface area contributed by atoms with Crippen LogP contribution in [0.4, 0.5) is 10.1 Å². The number of anilines is 1. The first-order chi connectivity index (χ1) is 7.96. The van der Waals surface area contributed by atoms with E-state index in [0.29, 0.717) is 13.1 Å². The molecule has 0 aromatic heterocycles. The fourth-order valence-electron chi connectivity index (χ4n) is 1.43. The quantitative estimate of drug-likeness (QED) is 0.753. The summed E-state index contributed by atoms with van der Waals surface area (Å²) in [6, 6.07) is 4.04. The second kappa shape index (κ2) is 4.15. The van der Waals surface area contributed by atoms with Gasteiger partial charge >= 0.3 is 10.2 Å². The molecule has 1 heterocycles. The minimum atomic E-state index is -3.50. The monoisotopic (exact) mass is 260 g/mol. The van der Waals surface area contributed by atoms with Crippen LogP contribution in [0.3, 0.4) is 0 Å². The molecule has 0 amide bonds. The lowest BCUT2D eigenvalue weighted by Gasteiger charge is -2.19. The highest BCUT2D eigenvalue weighted by molar-refractivity contribution is 7.90. The maximum Gasteiger partial charge on any atom is 0.303 e. The second-order valence-electron chi connectivity index (χ2n) is 3.69. The van der Waals surface area contributed by atoms with Gasteiger partial charge in [0.15, 0.2) is 11.6 Å². The first-order valence-electron chi connectivity index (χ1n) is 5.04. The van der Waals surface area contributed by atoms with Gasteiger partial charge in [0.05, 0.1) is 12.8 Å². The van der Waals surface area contributed by atoms with Gasteiger partial charge in [0.2, 0.25) is 0 Å². The minimum absolute atomic E-state index is 0.0891. The zero-order valence-electron chi connectivity index (χ0n) is 9.55. The Kier molecular flexibility index (Phi) is 2.96. The molecule has 1 saturated heterocycles. The van der Waals surface area contributed by atoms with Gasteiger partial charge in [-0.25, -0.2) is 4.39 Å². The van der Waals surface area contributed by atoms with Gasteiger partial charge in [0, 0.05) is 26.2 Å². The maximum absolute atomic E-state index is 13.5. The zero-order valence-corrected chi connectivity index (χ0v) is 10.4. The molecule has 0 bridgehead atoms. The van der Waals surface area contributed by atoms with Crippen LogP contribution in [0.2, 0.25) is 0 Å². The van der Waals surface area contributed by atoms with Gasteiger partial charge in [-0.15, -0.1) is 0 Å². The number of rotatable bonds is 4. The molecule has 17 heavy (non-hydrogen) atoms. The van der Waals surface area contributed by atoms with Crippen LogP contribution in [-0.2, 0) is 10.2 Å². The summed E-state index contributed by atoms with van der Waals surface area (Å²) in [4.78, 5) is 0. The molecule has 0 saturated carbocycles. The Morgan fingerprint density at radius 3 is 2.53 bits per heavy atom. The van der Waals surface area contributed by atoms with Crippen LogP contribution in [0.5, 0.6) is 5.75 Å². The van der Waals surface area contributed by atoms with Crippen molar-refractivity contribution in [2.24, 2.45) is 0 Å². The first-order valence-corrected chi connectivity index (χ1v) is 6.44. The van der Waals surface area contributed by atoms with Gasteiger partial charge < -0.3 is 4.74 Å². The van der Waals surface area contributed by atoms with E-state index in [1.807, 2.05) is 0 Å². The molecule has 5 nitrogen and oxygen atoms in total. The van der Waals surface area contributed by atoms with Gasteiger partial charge in [-0.1, -0.05) is 0 Å². The summed E-state index contributed by atoms with van der Waals surface area (Å²) in [5.74, 6) is -0.496. The van der Waals surface area contributed by atoms with E-state index in [1.165, 1.54) is 30.6 Å². The summed E-state index contributed by atoms with van der Waals surface area (Å²) < 4.78 is 44.3. The molecule has 0 atom stereocenters. The van der Waals surface area contributed by atoms with Gasteiger partial charge in [0.1, 0.15) is 0 Å². The molecule has 1 aliphatic rings. The summed E-state index contributed by atoms with van der Waals surface area (Å²) in [6.45, 7) is 1.04. The molecule has 1 aliphatic heterocycles. The van der Waals surface area contributed by atoms with E-state index < -0.39 is 16.0 Å². The van der Waals surface area contributed by atoms with Gasteiger partial charge in [-0.3, -0.25) is 4.31 Å². The molecular weight excluding hydrogens is 247 g/mol. The highest BCUT2D eigenvalue weighted by Gasteiger charge is 2.35. The van der Waals surface area contributed by atoms with Crippen molar-refractivity contribution in [3.8, 4) is 5.75 Å². The number of methoxy groups -OCH3 is 1. The predicted molar refractivity (Wildman–Crippen MR) is 61.8 cm³/mol. The Morgan fingerprint density at radius 2 is 2.06 bits per heavy atom. The summed E-state index contributed by atoms with van der Waals surface area (Å²) in [5.41, 5.74) is 0.273. The van der Waals surface area contributed by atoms with Crippen molar-refractivity contribution in [3.05, 3.63) is 24.0 Å². The average molecular weight is 260 g/mol. The predicted octanol–water partition coefficient (Wildman–Crippen LogP) is 0.831. The molecule has 0 N–H and O–H groups in total. The van der Waals surface area contributed by atoms with E-state index >= 15 is 0 Å². The van der Waals surface area contributed by atoms with Crippen LogP contribution < -0.4 is 9.04 Å². The second-order valence-corrected chi connectivity index (χ2v) is 5.65. The van der Waals surface area contributed by atoms with Crippen molar-refractivity contribution >= 4 is 15.9 Å². The standard InChI is InChI=1S/C10H13FN2O3S/c1-12(17(14,15)13-5-6-13)8-3-4-10(16-2)9(11)7-8/h3-4,7H,5-6H2,1-2H3. The van der Waals surface area contributed by atoms with Gasteiger partial charge in [-0.2, -0.15) is 12.7 Å². The molecule has 1 aromatic carbocycles. The summed E-state index contributed by atoms with van der Waals surface area (Å²) in [6.07, 6.45) is 0. The van der Waals surface area contributed by atoms with E-state index in [2.05, 4.69) is 0 Å². The number of halogens is 1. The Balaban J connectivity index is 2.31. The molecule has 0 spiro atoms. The topological polar surface area (TPSA) is 49.6 Å². The summed E-state index contributed by atoms with van der Waals surface area (Å²) >= 11 is 0. The maximum atomic E-state index is 13.5. The van der Waals surface area contributed by atoms with E-state index in [4.69, 9.17) is 4.74 Å². The van der Waals surface area contributed by atoms with E-state index in [-0.39, 0.29) is 11.4 Å². The largest absolute Gasteiger partial charge is 0.494 e. The third-order valence-corrected chi connectivity index (χ3v) is 4.50. The van der Waals surface area contributed by atoms with Crippen LogP contribution in [0.25, 0.3) is 0 Å². The number of hydrogen-bond acceptors (Lipinski definition) is 3. The normalized spacial score (nSPS) is 15.7. The van der Waals surface area contributed by atoms with Crippen LogP contribution >= 0.6 is 0 Å². The van der Waals surface area contributed by atoms with E-state index in [1.54, 1.807) is 0 Å². The van der Waals surface area contributed by atoms with E-state index in [9.17, 15) is 12.8 Å². The molecule has 0 aliphatic carbocycles. The van der Waals surface area contributed by atoms with Crippen molar-refractivity contribution in [1.29, 1.82) is 0 Å². The van der Waals surface area contributed by atoms with E-state index in [0.717, 1.165) is 10.4 Å². The Morgan fingerprint density at radius 1 is 1.41 bits per heavy atom. The lowest BCUT2D eigenvalue weighted by Crippen LogP contribution is -2.32. The average Bonchev–Trinajstić information content (AvgIpc) is 3.11. The number of benzene rings is 1. The van der Waals surface area contributed by atoms with Crippen molar-refractivity contribution in [2.75, 3.05) is 31.6 Å². The van der Waals surface area contributed by atoms with Crippen molar-refractivity contribution in [3.63, 3.8) is 0 Å². The molecule has 7 heteroatoms. The highest BCUT2D eigenvalue weighted by atomic mass is 32.2. The summed E-state index contributed by atoms with van der Waals surface area (Å²) in [7, 11) is -0.743. The SMILES string of the molecule is COc1ccc(N(C)S(=O)(=O)N2CC2)cc1F. The highest BCUT2D eigenvalue weighted by Crippen LogP contribution is 2.26. The third kappa shape index (κ3) is 2.20. The minimum Gasteiger partial charge on any atom is -0.494 e. The molecular formula is C10H13FN2O3S.